The van der Waals surface area contributed by atoms with Crippen molar-refractivity contribution < 1.29 is 4.74 Å². The van der Waals surface area contributed by atoms with E-state index in [4.69, 9.17) is 10.5 Å². The van der Waals surface area contributed by atoms with E-state index in [0.717, 1.165) is 38.2 Å². The number of ether oxygens (including phenoxy) is 1. The third-order valence-corrected chi connectivity index (χ3v) is 4.55. The van der Waals surface area contributed by atoms with E-state index in [9.17, 15) is 5.26 Å². The summed E-state index contributed by atoms with van der Waals surface area (Å²) in [7, 11) is 1.63. The summed E-state index contributed by atoms with van der Waals surface area (Å²) >= 11 is 3.48. The van der Waals surface area contributed by atoms with Gasteiger partial charge in [-0.25, -0.2) is 4.98 Å². The minimum Gasteiger partial charge on any atom is -0.497 e. The molecule has 0 bridgehead atoms. The number of hydrogen-bond acceptors (Lipinski definition) is 4. The molecule has 0 atom stereocenters. The number of pyridine rings is 1. The van der Waals surface area contributed by atoms with Gasteiger partial charge < -0.3 is 10.5 Å². The minimum atomic E-state index is 0.230. The highest BCUT2D eigenvalue weighted by atomic mass is 79.9. The van der Waals surface area contributed by atoms with Gasteiger partial charge in [-0.1, -0.05) is 28.1 Å². The van der Waals surface area contributed by atoms with Gasteiger partial charge in [0.05, 0.1) is 12.8 Å². The molecule has 2 N–H and O–H groups in total. The lowest BCUT2D eigenvalue weighted by atomic mass is 9.93. The van der Waals surface area contributed by atoms with E-state index in [0.29, 0.717) is 5.56 Å². The van der Waals surface area contributed by atoms with E-state index >= 15 is 0 Å². The summed E-state index contributed by atoms with van der Waals surface area (Å²) in [6.45, 7) is 1.96. The predicted molar refractivity (Wildman–Crippen MR) is 103 cm³/mol. The van der Waals surface area contributed by atoms with Crippen LogP contribution in [0.25, 0.3) is 22.4 Å². The molecular weight excluding hydrogens is 378 g/mol. The molecular formula is C20H16BrN3O. The van der Waals surface area contributed by atoms with E-state index in [1.165, 1.54) is 0 Å². The zero-order valence-electron chi connectivity index (χ0n) is 13.9. The van der Waals surface area contributed by atoms with Crippen LogP contribution in [-0.2, 0) is 0 Å². The van der Waals surface area contributed by atoms with E-state index in [2.05, 4.69) is 27.0 Å². The van der Waals surface area contributed by atoms with Gasteiger partial charge in [0.25, 0.3) is 0 Å². The summed E-state index contributed by atoms with van der Waals surface area (Å²) in [5, 5.41) is 9.59. The fourth-order valence-corrected chi connectivity index (χ4v) is 3.24. The number of aromatic nitrogens is 1. The minimum absolute atomic E-state index is 0.230. The molecule has 0 radical (unpaired) electrons. The van der Waals surface area contributed by atoms with Crippen molar-refractivity contribution in [2.24, 2.45) is 0 Å². The molecule has 0 fully saturated rings. The number of rotatable bonds is 3. The van der Waals surface area contributed by atoms with Crippen molar-refractivity contribution in [3.8, 4) is 34.2 Å². The van der Waals surface area contributed by atoms with Crippen LogP contribution >= 0.6 is 15.9 Å². The second kappa shape index (κ2) is 6.96. The van der Waals surface area contributed by atoms with E-state index in [1.807, 2.05) is 55.5 Å². The Morgan fingerprint density at radius 1 is 1.12 bits per heavy atom. The van der Waals surface area contributed by atoms with Crippen LogP contribution in [0, 0.1) is 18.3 Å². The molecule has 1 heterocycles. The Kier molecular flexibility index (Phi) is 4.73. The molecule has 0 aliphatic carbocycles. The topological polar surface area (TPSA) is 71.9 Å². The van der Waals surface area contributed by atoms with E-state index in [-0.39, 0.29) is 5.82 Å². The molecule has 0 spiro atoms. The molecule has 1 aromatic heterocycles. The average molecular weight is 394 g/mol. The Bertz CT molecular complexity index is 975. The number of anilines is 1. The SMILES string of the molecule is COc1ccc(-c2nc(N)c(C#N)c(-c3cccc(Br)c3)c2C)cc1. The second-order valence-electron chi connectivity index (χ2n) is 5.57. The number of nitriles is 1. The highest BCUT2D eigenvalue weighted by molar-refractivity contribution is 9.10. The Morgan fingerprint density at radius 2 is 1.84 bits per heavy atom. The molecule has 0 aliphatic rings. The summed E-state index contributed by atoms with van der Waals surface area (Å²) < 4.78 is 6.15. The Hall–Kier alpha value is -2.84. The first-order chi connectivity index (χ1) is 12.0. The molecule has 0 amide bonds. The first-order valence-corrected chi connectivity index (χ1v) is 8.45. The van der Waals surface area contributed by atoms with Crippen molar-refractivity contribution in [1.29, 1.82) is 5.26 Å². The van der Waals surface area contributed by atoms with Gasteiger partial charge in [0.2, 0.25) is 0 Å². The Labute approximate surface area is 155 Å². The zero-order valence-corrected chi connectivity index (χ0v) is 15.5. The fourth-order valence-electron chi connectivity index (χ4n) is 2.84. The largest absolute Gasteiger partial charge is 0.497 e. The quantitative estimate of drug-likeness (QED) is 0.682. The summed E-state index contributed by atoms with van der Waals surface area (Å²) in [6.07, 6.45) is 0. The van der Waals surface area contributed by atoms with Gasteiger partial charge in [-0.15, -0.1) is 0 Å². The van der Waals surface area contributed by atoms with Crippen LogP contribution in [0.3, 0.4) is 0 Å². The molecule has 4 nitrogen and oxygen atoms in total. The van der Waals surface area contributed by atoms with Crippen LogP contribution in [0.2, 0.25) is 0 Å². The van der Waals surface area contributed by atoms with Crippen molar-refractivity contribution >= 4 is 21.7 Å². The maximum absolute atomic E-state index is 9.59. The number of benzene rings is 2. The highest BCUT2D eigenvalue weighted by Crippen LogP contribution is 2.36. The first-order valence-electron chi connectivity index (χ1n) is 7.65. The van der Waals surface area contributed by atoms with Crippen LogP contribution in [-0.4, -0.2) is 12.1 Å². The molecule has 0 aliphatic heterocycles. The van der Waals surface area contributed by atoms with Gasteiger partial charge >= 0.3 is 0 Å². The number of halogens is 1. The molecule has 0 saturated heterocycles. The van der Waals surface area contributed by atoms with Gasteiger partial charge in [-0.3, -0.25) is 0 Å². The maximum atomic E-state index is 9.59. The molecule has 0 unspecified atom stereocenters. The predicted octanol–water partition coefficient (Wildman–Crippen LogP) is 4.95. The molecule has 0 saturated carbocycles. The van der Waals surface area contributed by atoms with Gasteiger partial charge in [-0.05, 0) is 54.4 Å². The molecule has 5 heteroatoms. The lowest BCUT2D eigenvalue weighted by molar-refractivity contribution is 0.415. The van der Waals surface area contributed by atoms with Crippen LogP contribution in [0.15, 0.2) is 53.0 Å². The monoisotopic (exact) mass is 393 g/mol. The summed E-state index contributed by atoms with van der Waals surface area (Å²) in [5.41, 5.74) is 10.8. The standard InChI is InChI=1S/C20H16BrN3O/c1-12-18(14-4-3-5-15(21)10-14)17(11-22)20(23)24-19(12)13-6-8-16(25-2)9-7-13/h3-10H,1-2H3,(H2,23,24). The van der Waals surface area contributed by atoms with Gasteiger partial charge in [0.1, 0.15) is 23.2 Å². The van der Waals surface area contributed by atoms with E-state index < -0.39 is 0 Å². The summed E-state index contributed by atoms with van der Waals surface area (Å²) in [6, 6.07) is 17.6. The first kappa shape index (κ1) is 17.0. The lowest BCUT2D eigenvalue weighted by Crippen LogP contribution is -2.03. The third kappa shape index (κ3) is 3.21. The summed E-state index contributed by atoms with van der Waals surface area (Å²) in [5.74, 6) is 1.00. The van der Waals surface area contributed by atoms with Crippen molar-refractivity contribution in [1.82, 2.24) is 4.98 Å². The molecule has 124 valence electrons. The highest BCUT2D eigenvalue weighted by Gasteiger charge is 2.18. The van der Waals surface area contributed by atoms with Crippen LogP contribution in [0.4, 0.5) is 5.82 Å². The fraction of sp³-hybridized carbons (Fsp3) is 0.100. The van der Waals surface area contributed by atoms with Crippen molar-refractivity contribution in [2.75, 3.05) is 12.8 Å². The van der Waals surface area contributed by atoms with Gasteiger partial charge in [-0.2, -0.15) is 5.26 Å². The number of hydrogen-bond donors (Lipinski definition) is 1. The molecule has 3 aromatic rings. The molecule has 25 heavy (non-hydrogen) atoms. The zero-order chi connectivity index (χ0) is 18.0. The molecule has 2 aromatic carbocycles. The van der Waals surface area contributed by atoms with Crippen molar-refractivity contribution in [2.45, 2.75) is 6.92 Å². The summed E-state index contributed by atoms with van der Waals surface area (Å²) in [4.78, 5) is 4.48. The average Bonchev–Trinajstić information content (AvgIpc) is 2.63. The third-order valence-electron chi connectivity index (χ3n) is 4.06. The number of nitrogens with zero attached hydrogens (tertiary/aromatic N) is 2. The maximum Gasteiger partial charge on any atom is 0.142 e. The normalized spacial score (nSPS) is 10.3. The number of nitrogen functional groups attached to an aromatic ring is 1. The second-order valence-corrected chi connectivity index (χ2v) is 6.49. The molecule has 3 rings (SSSR count). The van der Waals surface area contributed by atoms with Gasteiger partial charge in [0.15, 0.2) is 0 Å². The van der Waals surface area contributed by atoms with Crippen LogP contribution in [0.1, 0.15) is 11.1 Å². The van der Waals surface area contributed by atoms with E-state index in [1.54, 1.807) is 7.11 Å². The lowest BCUT2D eigenvalue weighted by Gasteiger charge is -2.15. The van der Waals surface area contributed by atoms with Crippen molar-refractivity contribution in [3.63, 3.8) is 0 Å². The Balaban J connectivity index is 2.27. The van der Waals surface area contributed by atoms with Crippen LogP contribution in [0.5, 0.6) is 5.75 Å². The number of nitrogens with two attached hydrogens (primary N) is 1. The smallest absolute Gasteiger partial charge is 0.142 e. The number of methoxy groups -OCH3 is 1. The van der Waals surface area contributed by atoms with Crippen molar-refractivity contribution in [3.05, 3.63) is 64.1 Å². The Morgan fingerprint density at radius 3 is 2.44 bits per heavy atom. The van der Waals surface area contributed by atoms with Crippen LogP contribution < -0.4 is 10.5 Å². The van der Waals surface area contributed by atoms with Gasteiger partial charge in [0, 0.05) is 15.6 Å².